The minimum atomic E-state index is -0.335. The fourth-order valence-corrected chi connectivity index (χ4v) is 2.03. The average molecular weight is 262 g/mol. The molecule has 0 radical (unpaired) electrons. The van der Waals surface area contributed by atoms with Crippen LogP contribution >= 0.6 is 0 Å². The third kappa shape index (κ3) is 6.77. The Hall–Kier alpha value is -1.61. The summed E-state index contributed by atoms with van der Waals surface area (Å²) in [5.41, 5.74) is 1.35. The Morgan fingerprint density at radius 1 is 1.26 bits per heavy atom. The molecule has 0 saturated heterocycles. The summed E-state index contributed by atoms with van der Waals surface area (Å²) in [5.74, 6) is -0.335. The first kappa shape index (κ1) is 15.4. The predicted octanol–water partition coefficient (Wildman–Crippen LogP) is 2.77. The Balaban J connectivity index is 2.23. The molecule has 0 fully saturated rings. The van der Waals surface area contributed by atoms with E-state index in [1.807, 2.05) is 6.07 Å². The topological polar surface area (TPSA) is 26.3 Å². The maximum absolute atomic E-state index is 10.9. The number of ether oxygens (including phenoxy) is 1. The van der Waals surface area contributed by atoms with Crippen molar-refractivity contribution >= 4 is 5.97 Å². The SMILES string of the molecule is C=CC(=O)OCCCC[N+](C)(C)Cc1ccccc1. The highest BCUT2D eigenvalue weighted by atomic mass is 16.5. The van der Waals surface area contributed by atoms with E-state index in [9.17, 15) is 4.79 Å². The molecule has 0 atom stereocenters. The molecule has 0 saturated carbocycles. The molecule has 3 nitrogen and oxygen atoms in total. The Labute approximate surface area is 116 Å². The summed E-state index contributed by atoms with van der Waals surface area (Å²) in [6.07, 6.45) is 3.15. The standard InChI is InChI=1S/C16H24NO2/c1-4-16(18)19-13-9-8-12-17(2,3)14-15-10-6-5-7-11-15/h4-7,10-11H,1,8-9,12-14H2,2-3H3/q+1. The lowest BCUT2D eigenvalue weighted by molar-refractivity contribution is -0.903. The first-order chi connectivity index (χ1) is 9.03. The van der Waals surface area contributed by atoms with Gasteiger partial charge < -0.3 is 9.22 Å². The fourth-order valence-electron chi connectivity index (χ4n) is 2.03. The van der Waals surface area contributed by atoms with Gasteiger partial charge in [0.05, 0.1) is 27.2 Å². The zero-order chi connectivity index (χ0) is 14.1. The largest absolute Gasteiger partial charge is 0.463 e. The minimum Gasteiger partial charge on any atom is -0.463 e. The van der Waals surface area contributed by atoms with Crippen LogP contribution in [-0.2, 0) is 16.1 Å². The van der Waals surface area contributed by atoms with Crippen LogP contribution in [0, 0.1) is 0 Å². The second-order valence-electron chi connectivity index (χ2n) is 5.38. The van der Waals surface area contributed by atoms with E-state index in [4.69, 9.17) is 4.74 Å². The number of esters is 1. The van der Waals surface area contributed by atoms with Gasteiger partial charge in [0.1, 0.15) is 6.54 Å². The molecule has 19 heavy (non-hydrogen) atoms. The molecule has 0 aromatic heterocycles. The monoisotopic (exact) mass is 262 g/mol. The summed E-state index contributed by atoms with van der Waals surface area (Å²) in [4.78, 5) is 10.9. The van der Waals surface area contributed by atoms with Crippen LogP contribution in [0.15, 0.2) is 43.0 Å². The first-order valence-corrected chi connectivity index (χ1v) is 6.68. The van der Waals surface area contributed by atoms with Crippen LogP contribution in [0.2, 0.25) is 0 Å². The third-order valence-electron chi connectivity index (χ3n) is 3.02. The number of carbonyl (C=O) groups is 1. The van der Waals surface area contributed by atoms with Gasteiger partial charge in [-0.25, -0.2) is 4.79 Å². The summed E-state index contributed by atoms with van der Waals surface area (Å²) >= 11 is 0. The van der Waals surface area contributed by atoms with Crippen LogP contribution in [0.25, 0.3) is 0 Å². The van der Waals surface area contributed by atoms with Crippen molar-refractivity contribution < 1.29 is 14.0 Å². The Bertz CT molecular complexity index is 398. The summed E-state index contributed by atoms with van der Waals surface area (Å²) < 4.78 is 5.90. The lowest BCUT2D eigenvalue weighted by Crippen LogP contribution is -2.39. The molecule has 0 N–H and O–H groups in total. The Kier molecular flexibility index (Phi) is 6.30. The molecule has 0 unspecified atom stereocenters. The zero-order valence-corrected chi connectivity index (χ0v) is 12.0. The maximum Gasteiger partial charge on any atom is 0.330 e. The number of nitrogens with zero attached hydrogens (tertiary/aromatic N) is 1. The van der Waals surface area contributed by atoms with Crippen molar-refractivity contribution in [1.82, 2.24) is 0 Å². The van der Waals surface area contributed by atoms with Crippen molar-refractivity contribution in [2.75, 3.05) is 27.2 Å². The number of benzene rings is 1. The van der Waals surface area contributed by atoms with Crippen molar-refractivity contribution in [3.63, 3.8) is 0 Å². The maximum atomic E-state index is 10.9. The van der Waals surface area contributed by atoms with Crippen LogP contribution in [0.3, 0.4) is 0 Å². The second kappa shape index (κ2) is 7.74. The van der Waals surface area contributed by atoms with Crippen LogP contribution in [0.1, 0.15) is 18.4 Å². The number of unbranched alkanes of at least 4 members (excludes halogenated alkanes) is 1. The van der Waals surface area contributed by atoms with Crippen molar-refractivity contribution in [3.05, 3.63) is 48.6 Å². The molecule has 0 aliphatic carbocycles. The van der Waals surface area contributed by atoms with Gasteiger partial charge in [-0.1, -0.05) is 36.9 Å². The first-order valence-electron chi connectivity index (χ1n) is 6.68. The van der Waals surface area contributed by atoms with E-state index >= 15 is 0 Å². The third-order valence-corrected chi connectivity index (χ3v) is 3.02. The van der Waals surface area contributed by atoms with E-state index in [-0.39, 0.29) is 5.97 Å². The molecule has 0 aliphatic rings. The van der Waals surface area contributed by atoms with Crippen molar-refractivity contribution in [2.24, 2.45) is 0 Å². The highest BCUT2D eigenvalue weighted by Gasteiger charge is 2.15. The van der Waals surface area contributed by atoms with Gasteiger partial charge in [-0.2, -0.15) is 0 Å². The highest BCUT2D eigenvalue weighted by Crippen LogP contribution is 2.10. The molecular weight excluding hydrogens is 238 g/mol. The lowest BCUT2D eigenvalue weighted by Gasteiger charge is -2.30. The summed E-state index contributed by atoms with van der Waals surface area (Å²) in [5, 5.41) is 0. The van der Waals surface area contributed by atoms with E-state index < -0.39 is 0 Å². The molecule has 1 aromatic rings. The molecule has 0 heterocycles. The number of hydrogen-bond donors (Lipinski definition) is 0. The summed E-state index contributed by atoms with van der Waals surface area (Å²) in [6, 6.07) is 10.5. The Morgan fingerprint density at radius 2 is 1.95 bits per heavy atom. The Morgan fingerprint density at radius 3 is 2.58 bits per heavy atom. The van der Waals surface area contributed by atoms with E-state index in [2.05, 4.69) is 44.9 Å². The quantitative estimate of drug-likeness (QED) is 0.312. The normalized spacial score (nSPS) is 11.1. The highest BCUT2D eigenvalue weighted by molar-refractivity contribution is 5.81. The van der Waals surface area contributed by atoms with Gasteiger partial charge in [0, 0.05) is 11.6 Å². The average Bonchev–Trinajstić information content (AvgIpc) is 2.38. The number of rotatable bonds is 8. The van der Waals surface area contributed by atoms with Crippen molar-refractivity contribution in [1.29, 1.82) is 0 Å². The van der Waals surface area contributed by atoms with Crippen molar-refractivity contribution in [3.8, 4) is 0 Å². The van der Waals surface area contributed by atoms with Gasteiger partial charge in [0.25, 0.3) is 0 Å². The molecule has 0 amide bonds. The van der Waals surface area contributed by atoms with Gasteiger partial charge in [-0.15, -0.1) is 0 Å². The van der Waals surface area contributed by atoms with Gasteiger partial charge in [-0.3, -0.25) is 0 Å². The molecule has 0 spiro atoms. The number of quaternary nitrogens is 1. The smallest absolute Gasteiger partial charge is 0.330 e. The fraction of sp³-hybridized carbons (Fsp3) is 0.438. The second-order valence-corrected chi connectivity index (χ2v) is 5.38. The molecule has 104 valence electrons. The number of hydrogen-bond acceptors (Lipinski definition) is 2. The number of carbonyl (C=O) groups excluding carboxylic acids is 1. The van der Waals surface area contributed by atoms with E-state index in [0.717, 1.165) is 30.4 Å². The zero-order valence-electron chi connectivity index (χ0n) is 12.0. The van der Waals surface area contributed by atoms with Crippen molar-refractivity contribution in [2.45, 2.75) is 19.4 Å². The van der Waals surface area contributed by atoms with Crippen LogP contribution in [0.4, 0.5) is 0 Å². The molecule has 3 heteroatoms. The van der Waals surface area contributed by atoms with Crippen LogP contribution in [-0.4, -0.2) is 37.7 Å². The molecular formula is C16H24NO2+. The summed E-state index contributed by atoms with van der Waals surface area (Å²) in [7, 11) is 4.45. The van der Waals surface area contributed by atoms with Crippen LogP contribution in [0.5, 0.6) is 0 Å². The van der Waals surface area contributed by atoms with E-state index in [0.29, 0.717) is 6.61 Å². The summed E-state index contributed by atoms with van der Waals surface area (Å²) in [6.45, 7) is 5.94. The van der Waals surface area contributed by atoms with Gasteiger partial charge in [0.2, 0.25) is 0 Å². The lowest BCUT2D eigenvalue weighted by atomic mass is 10.2. The molecule has 0 aliphatic heterocycles. The molecule has 1 aromatic carbocycles. The van der Waals surface area contributed by atoms with Gasteiger partial charge in [-0.05, 0) is 12.8 Å². The predicted molar refractivity (Wildman–Crippen MR) is 77.5 cm³/mol. The van der Waals surface area contributed by atoms with E-state index in [1.54, 1.807) is 0 Å². The van der Waals surface area contributed by atoms with E-state index in [1.165, 1.54) is 11.6 Å². The molecule has 0 bridgehead atoms. The van der Waals surface area contributed by atoms with Gasteiger partial charge in [0.15, 0.2) is 0 Å². The molecule has 1 rings (SSSR count). The minimum absolute atomic E-state index is 0.335. The van der Waals surface area contributed by atoms with Crippen LogP contribution < -0.4 is 0 Å². The van der Waals surface area contributed by atoms with Gasteiger partial charge >= 0.3 is 5.97 Å².